The molecular weight excluding hydrogens is 478 g/mol. The third kappa shape index (κ3) is 12.0. The molecule has 0 spiro atoms. The molecule has 2 atom stereocenters. The molecule has 1 saturated carbocycles. The minimum absolute atomic E-state index is 0.0681. The third-order valence-electron chi connectivity index (χ3n) is 6.49. The van der Waals surface area contributed by atoms with E-state index in [1.54, 1.807) is 0 Å². The van der Waals surface area contributed by atoms with E-state index in [0.29, 0.717) is 13.2 Å². The highest BCUT2D eigenvalue weighted by molar-refractivity contribution is 5.88. The molecule has 0 aromatic heterocycles. The topological polar surface area (TPSA) is 87.7 Å². The standard InChI is InChI=1S/C26H35N3O3.C4H8.CH2O/c1-3-17-29(26(31)25-5-4-19-32-25)18-16-27-23-12-8-21(9-13-23)6-7-22-10-14-24(15-11-22)28-20(2)30;1-4-2-3-4;1-2/h6-12,14-15,23,25,27H,3-5,13,16-19H2,1-2H3,(H,28,30);4H,2-3H2,1H3;1H2/b7-6+;;/t23?,25-;;/m1../s1. The van der Waals surface area contributed by atoms with Crippen molar-refractivity contribution in [1.29, 1.82) is 0 Å². The van der Waals surface area contributed by atoms with Crippen molar-refractivity contribution in [2.24, 2.45) is 5.92 Å². The van der Waals surface area contributed by atoms with Crippen molar-refractivity contribution < 1.29 is 19.1 Å². The van der Waals surface area contributed by atoms with Crippen molar-refractivity contribution in [2.75, 3.05) is 31.6 Å². The van der Waals surface area contributed by atoms with Crippen LogP contribution in [0.2, 0.25) is 0 Å². The number of anilines is 1. The van der Waals surface area contributed by atoms with Gasteiger partial charge in [-0.05, 0) is 54.9 Å². The van der Waals surface area contributed by atoms with Crippen LogP contribution in [0, 0.1) is 5.92 Å². The van der Waals surface area contributed by atoms with E-state index >= 15 is 0 Å². The minimum atomic E-state index is -0.241. The molecule has 7 nitrogen and oxygen atoms in total. The van der Waals surface area contributed by atoms with E-state index in [2.05, 4.69) is 54.9 Å². The second-order valence-corrected chi connectivity index (χ2v) is 10.0. The van der Waals surface area contributed by atoms with E-state index in [1.807, 2.05) is 36.0 Å². The van der Waals surface area contributed by atoms with Crippen molar-refractivity contribution in [3.8, 4) is 0 Å². The minimum Gasteiger partial charge on any atom is -0.368 e. The maximum atomic E-state index is 12.6. The highest BCUT2D eigenvalue weighted by atomic mass is 16.5. The maximum absolute atomic E-state index is 12.6. The summed E-state index contributed by atoms with van der Waals surface area (Å²) in [5.74, 6) is 1.16. The van der Waals surface area contributed by atoms with Gasteiger partial charge in [0.2, 0.25) is 5.91 Å². The molecule has 2 N–H and O–H groups in total. The Labute approximate surface area is 228 Å². The number of hydrogen-bond donors (Lipinski definition) is 2. The second kappa shape index (κ2) is 17.5. The molecular formula is C31H45N3O4. The Balaban J connectivity index is 0.000000756. The lowest BCUT2D eigenvalue weighted by Gasteiger charge is -2.26. The number of carbonyl (C=O) groups excluding carboxylic acids is 3. The lowest BCUT2D eigenvalue weighted by molar-refractivity contribution is -0.141. The second-order valence-electron chi connectivity index (χ2n) is 10.0. The van der Waals surface area contributed by atoms with Crippen LogP contribution in [0.5, 0.6) is 0 Å². The molecule has 0 radical (unpaired) electrons. The van der Waals surface area contributed by atoms with E-state index in [9.17, 15) is 9.59 Å². The summed E-state index contributed by atoms with van der Waals surface area (Å²) >= 11 is 0. The Hall–Kier alpha value is -3.03. The van der Waals surface area contributed by atoms with Gasteiger partial charge < -0.3 is 25.1 Å². The molecule has 208 valence electrons. The smallest absolute Gasteiger partial charge is 0.251 e. The monoisotopic (exact) mass is 523 g/mol. The normalized spacial score (nSPS) is 20.0. The van der Waals surface area contributed by atoms with Crippen LogP contribution in [-0.2, 0) is 19.1 Å². The number of allylic oxidation sites excluding steroid dienone is 3. The molecule has 1 heterocycles. The van der Waals surface area contributed by atoms with E-state index in [4.69, 9.17) is 9.53 Å². The Morgan fingerprint density at radius 1 is 1.11 bits per heavy atom. The SMILES string of the molecule is C=O.CC1CC1.CCCN(CCNC1C=CC(/C=C/c2ccc(NC(C)=O)cc2)=CC1)C(=O)[C@H]1CCCO1. The van der Waals surface area contributed by atoms with Gasteiger partial charge in [0, 0.05) is 44.9 Å². The van der Waals surface area contributed by atoms with Crippen molar-refractivity contribution in [3.05, 3.63) is 59.7 Å². The van der Waals surface area contributed by atoms with E-state index < -0.39 is 0 Å². The summed E-state index contributed by atoms with van der Waals surface area (Å²) in [6.07, 6.45) is 17.1. The Morgan fingerprint density at radius 2 is 1.82 bits per heavy atom. The maximum Gasteiger partial charge on any atom is 0.251 e. The third-order valence-corrected chi connectivity index (χ3v) is 6.49. The Kier molecular flexibility index (Phi) is 14.3. The molecule has 1 aromatic rings. The summed E-state index contributed by atoms with van der Waals surface area (Å²) in [6, 6.07) is 8.05. The number of nitrogens with one attached hydrogen (secondary N) is 2. The van der Waals surface area contributed by atoms with Crippen LogP contribution in [0.25, 0.3) is 6.08 Å². The first-order valence-corrected chi connectivity index (χ1v) is 13.8. The van der Waals surface area contributed by atoms with Crippen LogP contribution in [0.1, 0.15) is 64.9 Å². The highest BCUT2D eigenvalue weighted by Gasteiger charge is 2.27. The fraction of sp³-hybridized carbons (Fsp3) is 0.516. The first kappa shape index (κ1) is 31.2. The van der Waals surface area contributed by atoms with Gasteiger partial charge in [0.25, 0.3) is 5.91 Å². The average Bonchev–Trinajstić information content (AvgIpc) is 3.51. The van der Waals surface area contributed by atoms with E-state index in [0.717, 1.165) is 55.9 Å². The molecule has 1 aromatic carbocycles. The van der Waals surface area contributed by atoms with Crippen molar-refractivity contribution in [2.45, 2.75) is 71.4 Å². The molecule has 1 aliphatic heterocycles. The molecule has 2 aliphatic carbocycles. The number of amides is 2. The zero-order valence-electron chi connectivity index (χ0n) is 23.3. The van der Waals surface area contributed by atoms with Crippen LogP contribution < -0.4 is 10.6 Å². The fourth-order valence-corrected chi connectivity index (χ4v) is 4.11. The van der Waals surface area contributed by atoms with Gasteiger partial charge in [0.15, 0.2) is 0 Å². The van der Waals surface area contributed by atoms with Crippen molar-refractivity contribution in [3.63, 3.8) is 0 Å². The quantitative estimate of drug-likeness (QED) is 0.443. The first-order chi connectivity index (χ1) is 18.4. The predicted molar refractivity (Wildman–Crippen MR) is 155 cm³/mol. The number of hydrogen-bond acceptors (Lipinski definition) is 5. The average molecular weight is 524 g/mol. The van der Waals surface area contributed by atoms with Crippen LogP contribution >= 0.6 is 0 Å². The number of nitrogens with zero attached hydrogens (tertiary/aromatic N) is 1. The molecule has 3 aliphatic rings. The lowest BCUT2D eigenvalue weighted by atomic mass is 10.0. The van der Waals surface area contributed by atoms with Crippen LogP contribution in [-0.4, -0.2) is 61.9 Å². The molecule has 1 saturated heterocycles. The Bertz CT molecular complexity index is 944. The van der Waals surface area contributed by atoms with Crippen LogP contribution in [0.15, 0.2) is 54.1 Å². The molecule has 0 bridgehead atoms. The number of rotatable bonds is 10. The lowest BCUT2D eigenvalue weighted by Crippen LogP contribution is -2.44. The number of ether oxygens (including phenoxy) is 1. The molecule has 2 amide bonds. The predicted octanol–water partition coefficient (Wildman–Crippen LogP) is 5.15. The van der Waals surface area contributed by atoms with Crippen LogP contribution in [0.4, 0.5) is 5.69 Å². The fourth-order valence-electron chi connectivity index (χ4n) is 4.11. The summed E-state index contributed by atoms with van der Waals surface area (Å²) in [6.45, 7) is 10.8. The number of carbonyl (C=O) groups is 3. The van der Waals surface area contributed by atoms with Gasteiger partial charge in [-0.15, -0.1) is 0 Å². The molecule has 38 heavy (non-hydrogen) atoms. The largest absolute Gasteiger partial charge is 0.368 e. The van der Waals surface area contributed by atoms with Gasteiger partial charge in [-0.1, -0.05) is 69.2 Å². The highest BCUT2D eigenvalue weighted by Crippen LogP contribution is 2.26. The van der Waals surface area contributed by atoms with E-state index in [1.165, 1.54) is 25.3 Å². The summed E-state index contributed by atoms with van der Waals surface area (Å²) in [5.41, 5.74) is 3.06. The van der Waals surface area contributed by atoms with Gasteiger partial charge in [-0.25, -0.2) is 0 Å². The number of benzene rings is 1. The van der Waals surface area contributed by atoms with Crippen molar-refractivity contribution in [1.82, 2.24) is 10.2 Å². The zero-order chi connectivity index (χ0) is 27.8. The van der Waals surface area contributed by atoms with Gasteiger partial charge in [0.1, 0.15) is 12.9 Å². The molecule has 7 heteroatoms. The Morgan fingerprint density at radius 3 is 2.34 bits per heavy atom. The summed E-state index contributed by atoms with van der Waals surface area (Å²) < 4.78 is 5.57. The summed E-state index contributed by atoms with van der Waals surface area (Å²) in [7, 11) is 0. The van der Waals surface area contributed by atoms with E-state index in [-0.39, 0.29) is 24.0 Å². The van der Waals surface area contributed by atoms with Gasteiger partial charge in [-0.2, -0.15) is 0 Å². The van der Waals surface area contributed by atoms with Gasteiger partial charge in [-0.3, -0.25) is 9.59 Å². The van der Waals surface area contributed by atoms with Crippen LogP contribution in [0.3, 0.4) is 0 Å². The summed E-state index contributed by atoms with van der Waals surface area (Å²) in [5, 5.41) is 6.32. The van der Waals surface area contributed by atoms with Gasteiger partial charge >= 0.3 is 0 Å². The first-order valence-electron chi connectivity index (χ1n) is 13.8. The van der Waals surface area contributed by atoms with Crippen molar-refractivity contribution >= 4 is 30.4 Å². The zero-order valence-corrected chi connectivity index (χ0v) is 23.3. The summed E-state index contributed by atoms with van der Waals surface area (Å²) in [4.78, 5) is 33.7. The molecule has 1 unspecified atom stereocenters. The molecule has 2 fully saturated rings. The van der Waals surface area contributed by atoms with Gasteiger partial charge in [0.05, 0.1) is 0 Å². The molecule has 4 rings (SSSR count).